The van der Waals surface area contributed by atoms with Crippen LogP contribution < -0.4 is 11.1 Å². The summed E-state index contributed by atoms with van der Waals surface area (Å²) in [5, 5.41) is 2.48. The highest BCUT2D eigenvalue weighted by molar-refractivity contribution is 6.35. The van der Waals surface area contributed by atoms with Gasteiger partial charge in [-0.3, -0.25) is 9.59 Å². The molecule has 2 atom stereocenters. The van der Waals surface area contributed by atoms with Gasteiger partial charge in [0, 0.05) is 26.2 Å². The SMILES string of the molecule is CC1CN(C(=O)C(=O)NCCN)CC1C. The minimum absolute atomic E-state index is 0.351. The molecule has 3 N–H and O–H groups in total. The lowest BCUT2D eigenvalue weighted by Crippen LogP contribution is -2.43. The normalized spacial score (nSPS) is 25.4. The molecule has 86 valence electrons. The highest BCUT2D eigenvalue weighted by Crippen LogP contribution is 2.21. The van der Waals surface area contributed by atoms with Gasteiger partial charge in [-0.05, 0) is 11.8 Å². The van der Waals surface area contributed by atoms with Crippen LogP contribution in [0.1, 0.15) is 13.8 Å². The zero-order chi connectivity index (χ0) is 11.4. The standard InChI is InChI=1S/C10H19N3O2/c1-7-5-13(6-8(7)2)10(15)9(14)12-4-3-11/h7-8H,3-6,11H2,1-2H3,(H,12,14). The molecule has 5 heteroatoms. The van der Waals surface area contributed by atoms with E-state index in [1.54, 1.807) is 4.90 Å². The Morgan fingerprint density at radius 2 is 1.87 bits per heavy atom. The monoisotopic (exact) mass is 213 g/mol. The first kappa shape index (κ1) is 12.0. The molecule has 0 bridgehead atoms. The lowest BCUT2D eigenvalue weighted by molar-refractivity contribution is -0.145. The summed E-state index contributed by atoms with van der Waals surface area (Å²) in [5.74, 6) is -0.0334. The average Bonchev–Trinajstić information content (AvgIpc) is 2.54. The predicted molar refractivity (Wildman–Crippen MR) is 57.0 cm³/mol. The zero-order valence-electron chi connectivity index (χ0n) is 9.32. The molecular weight excluding hydrogens is 194 g/mol. The van der Waals surface area contributed by atoms with E-state index in [0.717, 1.165) is 0 Å². The van der Waals surface area contributed by atoms with Crippen molar-refractivity contribution in [2.75, 3.05) is 26.2 Å². The number of carbonyl (C=O) groups excluding carboxylic acids is 2. The van der Waals surface area contributed by atoms with E-state index in [2.05, 4.69) is 19.2 Å². The number of nitrogens with two attached hydrogens (primary N) is 1. The van der Waals surface area contributed by atoms with Crippen LogP contribution in [-0.2, 0) is 9.59 Å². The second-order valence-corrected chi connectivity index (χ2v) is 4.21. The number of nitrogens with one attached hydrogen (secondary N) is 1. The number of nitrogens with zero attached hydrogens (tertiary/aromatic N) is 1. The molecule has 0 aliphatic carbocycles. The van der Waals surface area contributed by atoms with E-state index in [9.17, 15) is 9.59 Å². The number of hydrogen-bond donors (Lipinski definition) is 2. The molecule has 2 amide bonds. The summed E-state index contributed by atoms with van der Waals surface area (Å²) in [6.07, 6.45) is 0. The fourth-order valence-electron chi connectivity index (χ4n) is 1.70. The minimum atomic E-state index is -0.540. The second-order valence-electron chi connectivity index (χ2n) is 4.21. The molecule has 1 aliphatic heterocycles. The van der Waals surface area contributed by atoms with E-state index in [4.69, 9.17) is 5.73 Å². The molecule has 15 heavy (non-hydrogen) atoms. The number of likely N-dealkylation sites (tertiary alicyclic amines) is 1. The second kappa shape index (κ2) is 5.11. The molecule has 0 saturated carbocycles. The largest absolute Gasteiger partial charge is 0.347 e. The fourth-order valence-corrected chi connectivity index (χ4v) is 1.70. The summed E-state index contributed by atoms with van der Waals surface area (Å²) in [4.78, 5) is 24.6. The summed E-state index contributed by atoms with van der Waals surface area (Å²) in [7, 11) is 0. The van der Waals surface area contributed by atoms with Crippen LogP contribution in [0.4, 0.5) is 0 Å². The molecule has 1 fully saturated rings. The molecule has 2 unspecified atom stereocenters. The highest BCUT2D eigenvalue weighted by atomic mass is 16.2. The first-order valence-corrected chi connectivity index (χ1v) is 5.33. The maximum absolute atomic E-state index is 11.6. The molecule has 5 nitrogen and oxygen atoms in total. The Bertz CT molecular complexity index is 245. The molecule has 0 aromatic heterocycles. The third kappa shape index (κ3) is 2.92. The quantitative estimate of drug-likeness (QED) is 0.588. The third-order valence-corrected chi connectivity index (χ3v) is 2.90. The van der Waals surface area contributed by atoms with E-state index in [-0.39, 0.29) is 0 Å². The lowest BCUT2D eigenvalue weighted by Gasteiger charge is -2.14. The van der Waals surface area contributed by atoms with Gasteiger partial charge in [0.2, 0.25) is 0 Å². The van der Waals surface area contributed by atoms with Crippen molar-refractivity contribution in [3.05, 3.63) is 0 Å². The molecular formula is C10H19N3O2. The summed E-state index contributed by atoms with van der Waals surface area (Å²) in [6.45, 7) is 6.24. The van der Waals surface area contributed by atoms with Crippen LogP contribution in [0, 0.1) is 11.8 Å². The first-order chi connectivity index (χ1) is 7.06. The number of rotatable bonds is 2. The lowest BCUT2D eigenvalue weighted by atomic mass is 10.0. The molecule has 0 radical (unpaired) electrons. The van der Waals surface area contributed by atoms with Gasteiger partial charge in [0.05, 0.1) is 0 Å². The number of amides is 2. The third-order valence-electron chi connectivity index (χ3n) is 2.90. The van der Waals surface area contributed by atoms with Crippen LogP contribution in [0.2, 0.25) is 0 Å². The summed E-state index contributed by atoms with van der Waals surface area (Å²) >= 11 is 0. The van der Waals surface area contributed by atoms with Crippen LogP contribution in [0.3, 0.4) is 0 Å². The minimum Gasteiger partial charge on any atom is -0.347 e. The van der Waals surface area contributed by atoms with Gasteiger partial charge in [0.25, 0.3) is 0 Å². The van der Waals surface area contributed by atoms with Gasteiger partial charge < -0.3 is 16.0 Å². The van der Waals surface area contributed by atoms with Gasteiger partial charge in [0.1, 0.15) is 0 Å². The Kier molecular flexibility index (Phi) is 4.08. The summed E-state index contributed by atoms with van der Waals surface area (Å²) in [6, 6.07) is 0. The molecule has 0 aromatic rings. The van der Waals surface area contributed by atoms with Gasteiger partial charge >= 0.3 is 11.8 Å². The Balaban J connectivity index is 2.44. The van der Waals surface area contributed by atoms with Crippen LogP contribution in [0.15, 0.2) is 0 Å². The Morgan fingerprint density at radius 1 is 1.33 bits per heavy atom. The van der Waals surface area contributed by atoms with E-state index in [1.807, 2.05) is 0 Å². The van der Waals surface area contributed by atoms with E-state index in [1.165, 1.54) is 0 Å². The van der Waals surface area contributed by atoms with Crippen molar-refractivity contribution in [1.29, 1.82) is 0 Å². The number of hydrogen-bond acceptors (Lipinski definition) is 3. The van der Waals surface area contributed by atoms with Gasteiger partial charge in [0.15, 0.2) is 0 Å². The first-order valence-electron chi connectivity index (χ1n) is 5.33. The van der Waals surface area contributed by atoms with Crippen molar-refractivity contribution in [3.8, 4) is 0 Å². The smallest absolute Gasteiger partial charge is 0.311 e. The maximum Gasteiger partial charge on any atom is 0.311 e. The van der Waals surface area contributed by atoms with Crippen molar-refractivity contribution < 1.29 is 9.59 Å². The highest BCUT2D eigenvalue weighted by Gasteiger charge is 2.32. The van der Waals surface area contributed by atoms with Crippen LogP contribution >= 0.6 is 0 Å². The molecule has 0 aromatic carbocycles. The molecule has 0 spiro atoms. The number of carbonyl (C=O) groups is 2. The Hall–Kier alpha value is -1.10. The summed E-state index contributed by atoms with van der Waals surface area (Å²) < 4.78 is 0. The maximum atomic E-state index is 11.6. The molecule has 1 heterocycles. The van der Waals surface area contributed by atoms with Crippen molar-refractivity contribution in [2.45, 2.75) is 13.8 Å². The van der Waals surface area contributed by atoms with Crippen LogP contribution in [-0.4, -0.2) is 42.9 Å². The predicted octanol–water partition coefficient (Wildman–Crippen LogP) is -0.824. The van der Waals surface area contributed by atoms with Gasteiger partial charge in [-0.15, -0.1) is 0 Å². The molecule has 1 aliphatic rings. The van der Waals surface area contributed by atoms with Crippen molar-refractivity contribution in [3.63, 3.8) is 0 Å². The summed E-state index contributed by atoms with van der Waals surface area (Å²) in [5.41, 5.74) is 5.23. The zero-order valence-corrected chi connectivity index (χ0v) is 9.32. The van der Waals surface area contributed by atoms with Gasteiger partial charge in [-0.25, -0.2) is 0 Å². The van der Waals surface area contributed by atoms with Crippen molar-refractivity contribution in [2.24, 2.45) is 17.6 Å². The Labute approximate surface area is 90.0 Å². The topological polar surface area (TPSA) is 75.4 Å². The van der Waals surface area contributed by atoms with Crippen molar-refractivity contribution in [1.82, 2.24) is 10.2 Å². The van der Waals surface area contributed by atoms with Gasteiger partial charge in [-0.1, -0.05) is 13.8 Å². The van der Waals surface area contributed by atoms with E-state index in [0.29, 0.717) is 38.0 Å². The Morgan fingerprint density at radius 3 is 2.33 bits per heavy atom. The molecule has 1 rings (SSSR count). The van der Waals surface area contributed by atoms with Crippen LogP contribution in [0.5, 0.6) is 0 Å². The van der Waals surface area contributed by atoms with E-state index >= 15 is 0 Å². The molecule has 1 saturated heterocycles. The fraction of sp³-hybridized carbons (Fsp3) is 0.800. The van der Waals surface area contributed by atoms with Crippen LogP contribution in [0.25, 0.3) is 0 Å². The van der Waals surface area contributed by atoms with E-state index < -0.39 is 11.8 Å². The average molecular weight is 213 g/mol. The van der Waals surface area contributed by atoms with Crippen molar-refractivity contribution >= 4 is 11.8 Å². The van der Waals surface area contributed by atoms with Gasteiger partial charge in [-0.2, -0.15) is 0 Å².